The average Bonchev–Trinajstić information content (AvgIpc) is 2.36. The summed E-state index contributed by atoms with van der Waals surface area (Å²) >= 11 is 0. The number of benzene rings is 2. The van der Waals surface area contributed by atoms with Gasteiger partial charge in [-0.3, -0.25) is 4.79 Å². The number of rotatable bonds is 4. The van der Waals surface area contributed by atoms with Gasteiger partial charge in [-0.05, 0) is 42.8 Å². The van der Waals surface area contributed by atoms with Crippen LogP contribution in [0.1, 0.15) is 5.56 Å². The molecule has 19 heavy (non-hydrogen) atoms. The normalized spacial score (nSPS) is 10.0. The Morgan fingerprint density at radius 3 is 2.58 bits per heavy atom. The molecule has 2 rings (SSSR count). The zero-order valence-electron chi connectivity index (χ0n) is 10.6. The maximum Gasteiger partial charge on any atom is 0.243 e. The highest BCUT2D eigenvalue weighted by molar-refractivity contribution is 5.93. The molecule has 0 unspecified atom stereocenters. The lowest BCUT2D eigenvalue weighted by Crippen LogP contribution is -2.21. The SMILES string of the molecule is Cc1cccc(NC(=O)CNc2cccc(F)c2)c1. The molecular formula is C15H15FN2O. The number of hydrogen-bond acceptors (Lipinski definition) is 2. The maximum atomic E-state index is 12.9. The van der Waals surface area contributed by atoms with Crippen molar-refractivity contribution >= 4 is 17.3 Å². The van der Waals surface area contributed by atoms with Crippen molar-refractivity contribution in [3.63, 3.8) is 0 Å². The van der Waals surface area contributed by atoms with E-state index in [9.17, 15) is 9.18 Å². The second-order valence-electron chi connectivity index (χ2n) is 4.28. The van der Waals surface area contributed by atoms with Gasteiger partial charge in [-0.25, -0.2) is 4.39 Å². The van der Waals surface area contributed by atoms with E-state index in [1.807, 2.05) is 31.2 Å². The van der Waals surface area contributed by atoms with Gasteiger partial charge < -0.3 is 10.6 Å². The predicted octanol–water partition coefficient (Wildman–Crippen LogP) is 3.18. The Morgan fingerprint density at radius 2 is 1.84 bits per heavy atom. The first-order valence-corrected chi connectivity index (χ1v) is 5.99. The second-order valence-corrected chi connectivity index (χ2v) is 4.28. The number of amides is 1. The third-order valence-corrected chi connectivity index (χ3v) is 2.58. The fraction of sp³-hybridized carbons (Fsp3) is 0.133. The Hall–Kier alpha value is -2.36. The fourth-order valence-electron chi connectivity index (χ4n) is 1.71. The Bertz CT molecular complexity index is 584. The summed E-state index contributed by atoms with van der Waals surface area (Å²) in [5.74, 6) is -0.501. The first-order valence-electron chi connectivity index (χ1n) is 5.99. The quantitative estimate of drug-likeness (QED) is 0.884. The van der Waals surface area contributed by atoms with E-state index in [0.717, 1.165) is 11.3 Å². The highest BCUT2D eigenvalue weighted by atomic mass is 19.1. The molecule has 0 heterocycles. The average molecular weight is 258 g/mol. The summed E-state index contributed by atoms with van der Waals surface area (Å²) in [6.07, 6.45) is 0. The van der Waals surface area contributed by atoms with Gasteiger partial charge in [0.05, 0.1) is 6.54 Å². The van der Waals surface area contributed by atoms with Gasteiger partial charge in [-0.2, -0.15) is 0 Å². The molecule has 2 aromatic carbocycles. The summed E-state index contributed by atoms with van der Waals surface area (Å²) in [5, 5.41) is 5.64. The van der Waals surface area contributed by atoms with Crippen LogP contribution < -0.4 is 10.6 Å². The summed E-state index contributed by atoms with van der Waals surface area (Å²) in [5.41, 5.74) is 2.42. The van der Waals surface area contributed by atoms with Crippen LogP contribution in [0.25, 0.3) is 0 Å². The van der Waals surface area contributed by atoms with Gasteiger partial charge in [0.15, 0.2) is 0 Å². The Balaban J connectivity index is 1.88. The molecule has 1 amide bonds. The third kappa shape index (κ3) is 4.10. The number of anilines is 2. The maximum absolute atomic E-state index is 12.9. The molecule has 0 atom stereocenters. The van der Waals surface area contributed by atoms with E-state index in [4.69, 9.17) is 0 Å². The van der Waals surface area contributed by atoms with Gasteiger partial charge in [-0.15, -0.1) is 0 Å². The fourth-order valence-corrected chi connectivity index (χ4v) is 1.71. The molecule has 0 aliphatic heterocycles. The Morgan fingerprint density at radius 1 is 1.11 bits per heavy atom. The van der Waals surface area contributed by atoms with Crippen LogP contribution in [-0.4, -0.2) is 12.5 Å². The van der Waals surface area contributed by atoms with E-state index < -0.39 is 0 Å². The molecule has 3 nitrogen and oxygen atoms in total. The third-order valence-electron chi connectivity index (χ3n) is 2.58. The standard InChI is InChI=1S/C15H15FN2O/c1-11-4-2-7-14(8-11)18-15(19)10-17-13-6-3-5-12(16)9-13/h2-9,17H,10H2,1H3,(H,18,19). The first-order chi connectivity index (χ1) is 9.13. The largest absolute Gasteiger partial charge is 0.376 e. The van der Waals surface area contributed by atoms with Crippen molar-refractivity contribution in [2.75, 3.05) is 17.2 Å². The number of halogens is 1. The summed E-state index contributed by atoms with van der Waals surface area (Å²) in [7, 11) is 0. The summed E-state index contributed by atoms with van der Waals surface area (Å²) < 4.78 is 12.9. The molecule has 0 radical (unpaired) electrons. The van der Waals surface area contributed by atoms with Gasteiger partial charge >= 0.3 is 0 Å². The smallest absolute Gasteiger partial charge is 0.243 e. The summed E-state index contributed by atoms with van der Waals surface area (Å²) in [6.45, 7) is 2.05. The first kappa shape index (κ1) is 13.1. The minimum atomic E-state index is -0.330. The number of hydrogen-bond donors (Lipinski definition) is 2. The topological polar surface area (TPSA) is 41.1 Å². The van der Waals surface area contributed by atoms with Gasteiger partial charge in [0.2, 0.25) is 5.91 Å². The minimum Gasteiger partial charge on any atom is -0.376 e. The lowest BCUT2D eigenvalue weighted by molar-refractivity contribution is -0.114. The molecule has 0 bridgehead atoms. The van der Waals surface area contributed by atoms with Crippen molar-refractivity contribution < 1.29 is 9.18 Å². The molecule has 0 aliphatic carbocycles. The van der Waals surface area contributed by atoms with Crippen LogP contribution >= 0.6 is 0 Å². The van der Waals surface area contributed by atoms with Crippen LogP contribution in [0.3, 0.4) is 0 Å². The van der Waals surface area contributed by atoms with E-state index in [-0.39, 0.29) is 18.3 Å². The lowest BCUT2D eigenvalue weighted by Gasteiger charge is -2.08. The molecule has 0 spiro atoms. The highest BCUT2D eigenvalue weighted by Crippen LogP contribution is 2.10. The summed E-state index contributed by atoms with van der Waals surface area (Å²) in [4.78, 5) is 11.7. The molecule has 98 valence electrons. The zero-order chi connectivity index (χ0) is 13.7. The molecule has 0 saturated carbocycles. The van der Waals surface area contributed by atoms with E-state index in [0.29, 0.717) is 5.69 Å². The molecular weight excluding hydrogens is 243 g/mol. The Labute approximate surface area is 111 Å². The van der Waals surface area contributed by atoms with Crippen molar-refractivity contribution in [3.8, 4) is 0 Å². The highest BCUT2D eigenvalue weighted by Gasteiger charge is 2.02. The van der Waals surface area contributed by atoms with E-state index >= 15 is 0 Å². The number of aryl methyl sites for hydroxylation is 1. The lowest BCUT2D eigenvalue weighted by atomic mass is 10.2. The molecule has 0 aliphatic rings. The molecule has 0 saturated heterocycles. The van der Waals surface area contributed by atoms with Gasteiger partial charge in [0.25, 0.3) is 0 Å². The van der Waals surface area contributed by atoms with Crippen molar-refractivity contribution in [1.82, 2.24) is 0 Å². The predicted molar refractivity (Wildman–Crippen MR) is 74.7 cm³/mol. The van der Waals surface area contributed by atoms with Crippen molar-refractivity contribution in [1.29, 1.82) is 0 Å². The monoisotopic (exact) mass is 258 g/mol. The van der Waals surface area contributed by atoms with E-state index in [2.05, 4.69) is 10.6 Å². The van der Waals surface area contributed by atoms with Crippen LogP contribution in [0.4, 0.5) is 15.8 Å². The Kier molecular flexibility index (Phi) is 4.13. The van der Waals surface area contributed by atoms with Crippen LogP contribution in [0.5, 0.6) is 0 Å². The van der Waals surface area contributed by atoms with Gasteiger partial charge in [-0.1, -0.05) is 18.2 Å². The minimum absolute atomic E-state index is 0.0946. The van der Waals surface area contributed by atoms with Crippen LogP contribution in [-0.2, 0) is 4.79 Å². The van der Waals surface area contributed by atoms with Crippen molar-refractivity contribution in [2.45, 2.75) is 6.92 Å². The number of carbonyl (C=O) groups excluding carboxylic acids is 1. The molecule has 2 aromatic rings. The molecule has 0 fully saturated rings. The number of carbonyl (C=O) groups is 1. The van der Waals surface area contributed by atoms with Crippen molar-refractivity contribution in [2.24, 2.45) is 0 Å². The second kappa shape index (κ2) is 6.00. The van der Waals surface area contributed by atoms with Gasteiger partial charge in [0.1, 0.15) is 5.82 Å². The van der Waals surface area contributed by atoms with Crippen LogP contribution in [0, 0.1) is 12.7 Å². The molecule has 0 aromatic heterocycles. The summed E-state index contributed by atoms with van der Waals surface area (Å²) in [6, 6.07) is 13.6. The van der Waals surface area contributed by atoms with Crippen LogP contribution in [0.2, 0.25) is 0 Å². The molecule has 4 heteroatoms. The van der Waals surface area contributed by atoms with Crippen molar-refractivity contribution in [3.05, 3.63) is 59.9 Å². The van der Waals surface area contributed by atoms with E-state index in [1.165, 1.54) is 12.1 Å². The number of nitrogens with one attached hydrogen (secondary N) is 2. The molecule has 2 N–H and O–H groups in total. The van der Waals surface area contributed by atoms with Gasteiger partial charge in [0, 0.05) is 11.4 Å². The van der Waals surface area contributed by atoms with Crippen LogP contribution in [0.15, 0.2) is 48.5 Å². The van der Waals surface area contributed by atoms with E-state index in [1.54, 1.807) is 12.1 Å². The zero-order valence-corrected chi connectivity index (χ0v) is 10.6.